The molecule has 0 saturated carbocycles. The second-order valence-electron chi connectivity index (χ2n) is 4.60. The van der Waals surface area contributed by atoms with Crippen LogP contribution in [0.1, 0.15) is 5.56 Å². The average molecular weight is 322 g/mol. The number of nitrogens with zero attached hydrogens (tertiary/aromatic N) is 1. The van der Waals surface area contributed by atoms with E-state index in [0.717, 1.165) is 0 Å². The molecule has 0 saturated heterocycles. The highest BCUT2D eigenvalue weighted by molar-refractivity contribution is 6.33. The first kappa shape index (κ1) is 14.7. The molecular weight excluding hydrogens is 312 g/mol. The number of rotatable bonds is 3. The first-order valence-electron chi connectivity index (χ1n) is 6.41. The van der Waals surface area contributed by atoms with E-state index in [9.17, 15) is 13.9 Å². The minimum atomic E-state index is -0.509. The molecule has 6 heteroatoms. The highest BCUT2D eigenvalue weighted by atomic mass is 35.5. The van der Waals surface area contributed by atoms with Crippen LogP contribution in [0, 0.1) is 11.6 Å². The van der Waals surface area contributed by atoms with Crippen molar-refractivity contribution >= 4 is 11.6 Å². The molecule has 0 aliphatic carbocycles. The van der Waals surface area contributed by atoms with Crippen LogP contribution in [-0.4, -0.2) is 10.3 Å². The van der Waals surface area contributed by atoms with E-state index in [1.54, 1.807) is 6.07 Å². The van der Waals surface area contributed by atoms with E-state index < -0.39 is 18.2 Å². The van der Waals surface area contributed by atoms with Crippen LogP contribution in [0.3, 0.4) is 0 Å². The number of aliphatic hydroxyl groups excluding tert-OH is 1. The lowest BCUT2D eigenvalue weighted by molar-refractivity contribution is 0.281. The Bertz CT molecular complexity index is 833. The number of aromatic nitrogens is 1. The van der Waals surface area contributed by atoms with Gasteiger partial charge in [-0.3, -0.25) is 0 Å². The highest BCUT2D eigenvalue weighted by Crippen LogP contribution is 2.36. The Kier molecular flexibility index (Phi) is 3.92. The molecule has 112 valence electrons. The molecule has 3 nitrogen and oxygen atoms in total. The van der Waals surface area contributed by atoms with Gasteiger partial charge in [-0.25, -0.2) is 8.78 Å². The Morgan fingerprint density at radius 3 is 2.59 bits per heavy atom. The quantitative estimate of drug-likeness (QED) is 0.776. The van der Waals surface area contributed by atoms with Gasteiger partial charge in [0.05, 0.1) is 22.8 Å². The maximum atomic E-state index is 13.9. The molecule has 0 atom stereocenters. The highest BCUT2D eigenvalue weighted by Gasteiger charge is 2.22. The van der Waals surface area contributed by atoms with Crippen LogP contribution in [0.25, 0.3) is 22.6 Å². The molecule has 1 N–H and O–H groups in total. The van der Waals surface area contributed by atoms with Crippen molar-refractivity contribution < 1.29 is 18.4 Å². The largest absolute Gasteiger partial charge is 0.391 e. The normalized spacial score (nSPS) is 10.9. The average Bonchev–Trinajstić information content (AvgIpc) is 2.93. The molecule has 0 spiro atoms. The smallest absolute Gasteiger partial charge is 0.175 e. The number of aliphatic hydroxyl groups is 1. The zero-order valence-corrected chi connectivity index (χ0v) is 11.9. The fraction of sp³-hybridized carbons (Fsp3) is 0.0625. The number of hydrogen-bond acceptors (Lipinski definition) is 3. The van der Waals surface area contributed by atoms with Gasteiger partial charge >= 0.3 is 0 Å². The molecular formula is C16H10ClF2NO2. The first-order chi connectivity index (χ1) is 10.6. The summed E-state index contributed by atoms with van der Waals surface area (Å²) in [7, 11) is 0. The van der Waals surface area contributed by atoms with Crippen molar-refractivity contribution in [1.82, 2.24) is 5.16 Å². The van der Waals surface area contributed by atoms with Gasteiger partial charge in [0.1, 0.15) is 17.3 Å². The first-order valence-corrected chi connectivity index (χ1v) is 6.79. The van der Waals surface area contributed by atoms with E-state index in [2.05, 4.69) is 5.16 Å². The van der Waals surface area contributed by atoms with E-state index in [4.69, 9.17) is 16.1 Å². The molecule has 1 heterocycles. The Balaban J connectivity index is 2.20. The van der Waals surface area contributed by atoms with Crippen molar-refractivity contribution in [2.45, 2.75) is 6.61 Å². The van der Waals surface area contributed by atoms with Crippen molar-refractivity contribution in [1.29, 1.82) is 0 Å². The van der Waals surface area contributed by atoms with Gasteiger partial charge in [-0.15, -0.1) is 0 Å². The molecule has 2 aromatic carbocycles. The summed E-state index contributed by atoms with van der Waals surface area (Å²) < 4.78 is 32.5. The van der Waals surface area contributed by atoms with Crippen molar-refractivity contribution in [2.75, 3.05) is 0 Å². The summed E-state index contributed by atoms with van der Waals surface area (Å²) in [4.78, 5) is 0. The molecule has 0 unspecified atom stereocenters. The Labute approximate surface area is 129 Å². The van der Waals surface area contributed by atoms with Crippen molar-refractivity contribution in [3.63, 3.8) is 0 Å². The van der Waals surface area contributed by atoms with Crippen LogP contribution in [0.15, 0.2) is 47.0 Å². The summed E-state index contributed by atoms with van der Waals surface area (Å²) in [6.45, 7) is -0.449. The molecule has 22 heavy (non-hydrogen) atoms. The minimum absolute atomic E-state index is 0.0935. The van der Waals surface area contributed by atoms with Gasteiger partial charge in [0, 0.05) is 5.56 Å². The van der Waals surface area contributed by atoms with Crippen LogP contribution in [0.2, 0.25) is 5.02 Å². The third kappa shape index (κ3) is 2.49. The van der Waals surface area contributed by atoms with Crippen LogP contribution in [-0.2, 0) is 6.61 Å². The van der Waals surface area contributed by atoms with E-state index in [-0.39, 0.29) is 33.2 Å². The lowest BCUT2D eigenvalue weighted by Crippen LogP contribution is -1.92. The molecule has 3 aromatic rings. The van der Waals surface area contributed by atoms with Crippen LogP contribution in [0.4, 0.5) is 8.78 Å². The second kappa shape index (κ2) is 5.87. The lowest BCUT2D eigenvalue weighted by atomic mass is 10.0. The van der Waals surface area contributed by atoms with Gasteiger partial charge in [0.25, 0.3) is 0 Å². The SMILES string of the molecule is OCc1c(-c2cc(F)ccc2Cl)noc1-c1ccccc1F. The predicted molar refractivity (Wildman–Crippen MR) is 78.2 cm³/mol. The molecule has 0 aliphatic heterocycles. The van der Waals surface area contributed by atoms with Gasteiger partial charge in [0.2, 0.25) is 0 Å². The molecule has 3 rings (SSSR count). The maximum Gasteiger partial charge on any atom is 0.175 e. The topological polar surface area (TPSA) is 46.3 Å². The number of benzene rings is 2. The zero-order valence-electron chi connectivity index (χ0n) is 11.2. The molecule has 0 aliphatic rings. The number of halogens is 3. The third-order valence-electron chi connectivity index (χ3n) is 3.25. The third-order valence-corrected chi connectivity index (χ3v) is 3.58. The standard InChI is InChI=1S/C16H10ClF2NO2/c17-13-6-5-9(18)7-11(13)15-12(8-21)16(22-20-15)10-3-1-2-4-14(10)19/h1-7,21H,8H2. The summed E-state index contributed by atoms with van der Waals surface area (Å²) >= 11 is 6.04. The molecule has 0 bridgehead atoms. The van der Waals surface area contributed by atoms with E-state index in [1.165, 1.54) is 36.4 Å². The minimum Gasteiger partial charge on any atom is -0.391 e. The van der Waals surface area contributed by atoms with Crippen LogP contribution >= 0.6 is 11.6 Å². The van der Waals surface area contributed by atoms with Gasteiger partial charge in [-0.2, -0.15) is 0 Å². The maximum absolute atomic E-state index is 13.9. The summed E-state index contributed by atoms with van der Waals surface area (Å²) in [5, 5.41) is 13.7. The van der Waals surface area contributed by atoms with Gasteiger partial charge in [0.15, 0.2) is 5.76 Å². The summed E-state index contributed by atoms with van der Waals surface area (Å²) in [6, 6.07) is 9.73. The van der Waals surface area contributed by atoms with Crippen molar-refractivity contribution in [3.05, 3.63) is 64.7 Å². The van der Waals surface area contributed by atoms with Gasteiger partial charge in [-0.1, -0.05) is 28.9 Å². The van der Waals surface area contributed by atoms with Gasteiger partial charge < -0.3 is 9.63 Å². The summed E-state index contributed by atoms with van der Waals surface area (Å²) in [5.41, 5.74) is 0.873. The monoisotopic (exact) mass is 321 g/mol. The molecule has 1 aromatic heterocycles. The summed E-state index contributed by atoms with van der Waals surface area (Å²) in [5.74, 6) is -0.917. The van der Waals surface area contributed by atoms with E-state index in [1.807, 2.05) is 0 Å². The van der Waals surface area contributed by atoms with E-state index in [0.29, 0.717) is 0 Å². The number of hydrogen-bond donors (Lipinski definition) is 1. The fourth-order valence-electron chi connectivity index (χ4n) is 2.20. The summed E-state index contributed by atoms with van der Waals surface area (Å²) in [6.07, 6.45) is 0. The zero-order chi connectivity index (χ0) is 15.7. The molecule has 0 radical (unpaired) electrons. The second-order valence-corrected chi connectivity index (χ2v) is 5.01. The predicted octanol–water partition coefficient (Wildman–Crippen LogP) is 4.43. The molecule has 0 fully saturated rings. The Morgan fingerprint density at radius 2 is 1.86 bits per heavy atom. The van der Waals surface area contributed by atoms with Crippen molar-refractivity contribution in [2.24, 2.45) is 0 Å². The Hall–Kier alpha value is -2.24. The van der Waals surface area contributed by atoms with Crippen LogP contribution in [0.5, 0.6) is 0 Å². The van der Waals surface area contributed by atoms with Crippen LogP contribution < -0.4 is 0 Å². The van der Waals surface area contributed by atoms with Crippen molar-refractivity contribution in [3.8, 4) is 22.6 Å². The molecule has 0 amide bonds. The van der Waals surface area contributed by atoms with Gasteiger partial charge in [-0.05, 0) is 30.3 Å². The lowest BCUT2D eigenvalue weighted by Gasteiger charge is -2.04. The fourth-order valence-corrected chi connectivity index (χ4v) is 2.41. The Morgan fingerprint density at radius 1 is 1.09 bits per heavy atom. The van der Waals surface area contributed by atoms with E-state index >= 15 is 0 Å².